The van der Waals surface area contributed by atoms with Gasteiger partial charge in [-0.3, -0.25) is 4.79 Å². The van der Waals surface area contributed by atoms with Crippen molar-refractivity contribution in [3.63, 3.8) is 0 Å². The number of carbonyl (C=O) groups is 1. The number of rotatable bonds is 3. The third-order valence-corrected chi connectivity index (χ3v) is 1.41. The summed E-state index contributed by atoms with van der Waals surface area (Å²) in [7, 11) is 0. The number of hydrogen-bond donors (Lipinski definition) is 0. The van der Waals surface area contributed by atoms with Crippen LogP contribution in [0, 0.1) is 0 Å². The first-order valence-corrected chi connectivity index (χ1v) is 3.56. The van der Waals surface area contributed by atoms with Crippen molar-refractivity contribution in [2.45, 2.75) is 18.7 Å². The molecule has 0 aliphatic rings. The number of ether oxygens (including phenoxy) is 1. The van der Waals surface area contributed by atoms with Crippen LogP contribution in [0.3, 0.4) is 0 Å². The van der Waals surface area contributed by atoms with Crippen molar-refractivity contribution in [2.75, 3.05) is 6.07 Å². The predicted octanol–water partition coefficient (Wildman–Crippen LogP) is 1.74. The second-order valence-corrected chi connectivity index (χ2v) is 2.19. The van der Waals surface area contributed by atoms with Gasteiger partial charge in [0.1, 0.15) is 5.38 Å². The summed E-state index contributed by atoms with van der Waals surface area (Å²) < 4.78 is 4.39. The Labute approximate surface area is 64.1 Å². The van der Waals surface area contributed by atoms with Gasteiger partial charge in [-0.15, -0.1) is 11.6 Å². The van der Waals surface area contributed by atoms with E-state index in [1.165, 1.54) is 0 Å². The van der Waals surface area contributed by atoms with Gasteiger partial charge in [0.25, 0.3) is 0 Å². The molecule has 4 heteroatoms. The Bertz CT molecular complexity index is 95.0. The summed E-state index contributed by atoms with van der Waals surface area (Å²) in [6.07, 6.45) is 0.567. The Morgan fingerprint density at radius 2 is 2.33 bits per heavy atom. The monoisotopic (exact) mass is 170 g/mol. The molecule has 0 saturated carbocycles. The van der Waals surface area contributed by atoms with Gasteiger partial charge in [-0.2, -0.15) is 0 Å². The number of alkyl halides is 2. The van der Waals surface area contributed by atoms with E-state index in [1.54, 1.807) is 6.92 Å². The molecule has 0 N–H and O–H groups in total. The molecule has 0 aromatic rings. The van der Waals surface area contributed by atoms with Crippen molar-refractivity contribution in [3.8, 4) is 0 Å². The zero-order valence-corrected chi connectivity index (χ0v) is 6.58. The topological polar surface area (TPSA) is 26.3 Å². The maximum absolute atomic E-state index is 10.5. The normalized spacial score (nSPS) is 12.8. The number of hydrogen-bond acceptors (Lipinski definition) is 2. The Morgan fingerprint density at radius 1 is 1.78 bits per heavy atom. The van der Waals surface area contributed by atoms with Crippen LogP contribution in [-0.4, -0.2) is 17.4 Å². The Kier molecular flexibility index (Phi) is 4.91. The third-order valence-electron chi connectivity index (χ3n) is 0.811. The summed E-state index contributed by atoms with van der Waals surface area (Å²) >= 11 is 10.6. The lowest BCUT2D eigenvalue weighted by Crippen LogP contribution is -2.15. The molecule has 0 aliphatic heterocycles. The minimum absolute atomic E-state index is 0.123. The van der Waals surface area contributed by atoms with Gasteiger partial charge in [0.15, 0.2) is 6.07 Å². The molecule has 0 rings (SSSR count). The molecule has 0 radical (unpaired) electrons. The minimum Gasteiger partial charge on any atom is -0.448 e. The summed E-state index contributed by atoms with van der Waals surface area (Å²) in [5.74, 6) is -0.450. The predicted molar refractivity (Wildman–Crippen MR) is 36.7 cm³/mol. The fraction of sp³-hybridized carbons (Fsp3) is 0.800. The zero-order valence-electron chi connectivity index (χ0n) is 5.06. The highest BCUT2D eigenvalue weighted by molar-refractivity contribution is 6.30. The molecule has 0 heterocycles. The van der Waals surface area contributed by atoms with Crippen molar-refractivity contribution in [2.24, 2.45) is 0 Å². The van der Waals surface area contributed by atoms with E-state index in [1.807, 2.05) is 0 Å². The highest BCUT2D eigenvalue weighted by atomic mass is 35.5. The van der Waals surface area contributed by atoms with Gasteiger partial charge in [0.05, 0.1) is 0 Å². The quantitative estimate of drug-likeness (QED) is 0.477. The van der Waals surface area contributed by atoms with E-state index in [2.05, 4.69) is 4.74 Å². The lowest BCUT2D eigenvalue weighted by Gasteiger charge is -2.02. The molecule has 0 amide bonds. The van der Waals surface area contributed by atoms with E-state index < -0.39 is 11.3 Å². The SMILES string of the molecule is CCC(Cl)C(=O)OCCl. The molecule has 1 unspecified atom stereocenters. The smallest absolute Gasteiger partial charge is 0.325 e. The lowest BCUT2D eigenvalue weighted by atomic mass is 10.3. The molecular weight excluding hydrogens is 163 g/mol. The summed E-state index contributed by atoms with van der Waals surface area (Å²) in [4.78, 5) is 10.5. The lowest BCUT2D eigenvalue weighted by molar-refractivity contribution is -0.141. The van der Waals surface area contributed by atoms with Crippen LogP contribution >= 0.6 is 23.2 Å². The first-order valence-electron chi connectivity index (χ1n) is 2.59. The fourth-order valence-corrected chi connectivity index (χ4v) is 0.481. The Balaban J connectivity index is 3.46. The van der Waals surface area contributed by atoms with Crippen LogP contribution in [0.5, 0.6) is 0 Å². The first kappa shape index (κ1) is 9.05. The second-order valence-electron chi connectivity index (χ2n) is 1.45. The maximum atomic E-state index is 10.5. The van der Waals surface area contributed by atoms with Gasteiger partial charge < -0.3 is 4.74 Å². The molecule has 0 aliphatic carbocycles. The van der Waals surface area contributed by atoms with Crippen molar-refractivity contribution in [3.05, 3.63) is 0 Å². The highest BCUT2D eigenvalue weighted by Crippen LogP contribution is 2.03. The molecule has 0 bridgehead atoms. The summed E-state index contributed by atoms with van der Waals surface area (Å²) in [6.45, 7) is 1.80. The van der Waals surface area contributed by atoms with E-state index >= 15 is 0 Å². The largest absolute Gasteiger partial charge is 0.448 e. The third kappa shape index (κ3) is 3.60. The first-order chi connectivity index (χ1) is 4.22. The molecule has 54 valence electrons. The molecule has 0 aromatic heterocycles. The van der Waals surface area contributed by atoms with E-state index in [9.17, 15) is 4.79 Å². The molecule has 0 spiro atoms. The summed E-state index contributed by atoms with van der Waals surface area (Å²) in [5.41, 5.74) is 0. The Hall–Kier alpha value is 0.0500. The van der Waals surface area contributed by atoms with E-state index in [0.29, 0.717) is 6.42 Å². The molecule has 0 aromatic carbocycles. The van der Waals surface area contributed by atoms with Crippen molar-refractivity contribution < 1.29 is 9.53 Å². The second kappa shape index (κ2) is 4.89. The van der Waals surface area contributed by atoms with E-state index in [0.717, 1.165) is 0 Å². The average molecular weight is 171 g/mol. The zero-order chi connectivity index (χ0) is 7.28. The van der Waals surface area contributed by atoms with E-state index in [-0.39, 0.29) is 6.07 Å². The van der Waals surface area contributed by atoms with Crippen molar-refractivity contribution in [1.29, 1.82) is 0 Å². The van der Waals surface area contributed by atoms with Crippen LogP contribution in [0.25, 0.3) is 0 Å². The summed E-state index contributed by atoms with van der Waals surface area (Å²) in [6, 6.07) is -0.123. The van der Waals surface area contributed by atoms with Gasteiger partial charge in [0, 0.05) is 0 Å². The molecule has 1 atom stereocenters. The van der Waals surface area contributed by atoms with Crippen molar-refractivity contribution >= 4 is 29.2 Å². The maximum Gasteiger partial charge on any atom is 0.325 e. The van der Waals surface area contributed by atoms with Gasteiger partial charge in [-0.25, -0.2) is 0 Å². The average Bonchev–Trinajstić information content (AvgIpc) is 1.87. The number of carbonyl (C=O) groups excluding carboxylic acids is 1. The fourth-order valence-electron chi connectivity index (χ4n) is 0.311. The van der Waals surface area contributed by atoms with Crippen LogP contribution < -0.4 is 0 Å². The molecular formula is C5H8Cl2O2. The van der Waals surface area contributed by atoms with Gasteiger partial charge in [0.2, 0.25) is 0 Å². The van der Waals surface area contributed by atoms with Crippen LogP contribution in [-0.2, 0) is 9.53 Å². The number of halogens is 2. The standard InChI is InChI=1S/C5H8Cl2O2/c1-2-4(7)5(8)9-3-6/h4H,2-3H2,1H3. The van der Waals surface area contributed by atoms with Crippen LogP contribution in [0.1, 0.15) is 13.3 Å². The van der Waals surface area contributed by atoms with Gasteiger partial charge in [-0.1, -0.05) is 18.5 Å². The van der Waals surface area contributed by atoms with Gasteiger partial charge >= 0.3 is 5.97 Å². The minimum atomic E-state index is -0.552. The molecule has 0 fully saturated rings. The van der Waals surface area contributed by atoms with Crippen LogP contribution in [0.4, 0.5) is 0 Å². The number of esters is 1. The van der Waals surface area contributed by atoms with Crippen LogP contribution in [0.15, 0.2) is 0 Å². The molecule has 2 nitrogen and oxygen atoms in total. The summed E-state index contributed by atoms with van der Waals surface area (Å²) in [5, 5.41) is -0.552. The van der Waals surface area contributed by atoms with E-state index in [4.69, 9.17) is 23.2 Å². The highest BCUT2D eigenvalue weighted by Gasteiger charge is 2.12. The molecule has 9 heavy (non-hydrogen) atoms. The van der Waals surface area contributed by atoms with Crippen molar-refractivity contribution in [1.82, 2.24) is 0 Å². The molecule has 0 saturated heterocycles. The Morgan fingerprint density at radius 3 is 2.67 bits per heavy atom. The van der Waals surface area contributed by atoms with Gasteiger partial charge in [-0.05, 0) is 6.42 Å². The van der Waals surface area contributed by atoms with Crippen LogP contribution in [0.2, 0.25) is 0 Å².